The Morgan fingerprint density at radius 2 is 1.95 bits per heavy atom. The molecule has 0 saturated heterocycles. The Bertz CT molecular complexity index is 617. The third-order valence-corrected chi connectivity index (χ3v) is 3.32. The topological polar surface area (TPSA) is 55.2 Å². The summed E-state index contributed by atoms with van der Waals surface area (Å²) in [5, 5.41) is 13.9. The van der Waals surface area contributed by atoms with Gasteiger partial charge in [-0.2, -0.15) is 0 Å². The van der Waals surface area contributed by atoms with Gasteiger partial charge in [-0.25, -0.2) is 4.39 Å². The molecule has 2 aromatic carbocycles. The minimum Gasteiger partial charge on any atom is -0.310 e. The van der Waals surface area contributed by atoms with Gasteiger partial charge in [-0.05, 0) is 30.2 Å². The number of nitro benzene ring substituents is 1. The van der Waals surface area contributed by atoms with Crippen molar-refractivity contribution in [2.75, 3.05) is 6.54 Å². The lowest BCUT2D eigenvalue weighted by Gasteiger charge is -2.18. The van der Waals surface area contributed by atoms with Gasteiger partial charge in [-0.3, -0.25) is 10.1 Å². The van der Waals surface area contributed by atoms with Gasteiger partial charge in [-0.15, -0.1) is 0 Å². The van der Waals surface area contributed by atoms with Crippen molar-refractivity contribution in [2.24, 2.45) is 0 Å². The molecule has 0 saturated carbocycles. The molecule has 0 bridgehead atoms. The van der Waals surface area contributed by atoms with Crippen LogP contribution in [0.5, 0.6) is 0 Å². The summed E-state index contributed by atoms with van der Waals surface area (Å²) in [4.78, 5) is 10.0. The smallest absolute Gasteiger partial charge is 0.272 e. The number of likely N-dealkylation sites (N-methyl/N-ethyl adjacent to an activating group) is 1. The van der Waals surface area contributed by atoms with Gasteiger partial charge in [0.1, 0.15) is 5.82 Å². The van der Waals surface area contributed by atoms with Crippen LogP contribution in [0.2, 0.25) is 0 Å². The molecule has 21 heavy (non-hydrogen) atoms. The number of rotatable bonds is 6. The first-order valence-electron chi connectivity index (χ1n) is 6.83. The van der Waals surface area contributed by atoms with Crippen molar-refractivity contribution in [1.29, 1.82) is 0 Å². The minimum atomic E-state index is -0.591. The summed E-state index contributed by atoms with van der Waals surface area (Å²) < 4.78 is 14.0. The summed E-state index contributed by atoms with van der Waals surface area (Å²) in [5.41, 5.74) is 1.31. The standard InChI is InChI=1S/C16H17FN2O2/c1-2-18-16(12-6-4-3-5-7-12)10-13-8-9-14(19(20)21)11-15(13)17/h3-9,11,16,18H,2,10H2,1H3. The Kier molecular flexibility index (Phi) is 5.00. The lowest BCUT2D eigenvalue weighted by molar-refractivity contribution is -0.385. The van der Waals surface area contributed by atoms with Crippen molar-refractivity contribution in [1.82, 2.24) is 5.32 Å². The number of hydrogen-bond donors (Lipinski definition) is 1. The van der Waals surface area contributed by atoms with E-state index in [-0.39, 0.29) is 11.7 Å². The Balaban J connectivity index is 2.23. The van der Waals surface area contributed by atoms with E-state index in [1.165, 1.54) is 12.1 Å². The Morgan fingerprint density at radius 3 is 2.52 bits per heavy atom. The fourth-order valence-corrected chi connectivity index (χ4v) is 2.27. The van der Waals surface area contributed by atoms with Gasteiger partial charge in [0.2, 0.25) is 0 Å². The fraction of sp³-hybridized carbons (Fsp3) is 0.250. The summed E-state index contributed by atoms with van der Waals surface area (Å²) >= 11 is 0. The predicted molar refractivity (Wildman–Crippen MR) is 79.6 cm³/mol. The monoisotopic (exact) mass is 288 g/mol. The number of non-ortho nitro benzene ring substituents is 1. The highest BCUT2D eigenvalue weighted by molar-refractivity contribution is 5.35. The molecule has 0 aromatic heterocycles. The van der Waals surface area contributed by atoms with E-state index in [2.05, 4.69) is 5.32 Å². The van der Waals surface area contributed by atoms with E-state index in [9.17, 15) is 14.5 Å². The molecule has 1 N–H and O–H groups in total. The van der Waals surface area contributed by atoms with Crippen molar-refractivity contribution in [3.63, 3.8) is 0 Å². The lowest BCUT2D eigenvalue weighted by Crippen LogP contribution is -2.23. The first-order chi connectivity index (χ1) is 10.1. The van der Waals surface area contributed by atoms with Crippen LogP contribution in [0.25, 0.3) is 0 Å². The summed E-state index contributed by atoms with van der Waals surface area (Å²) in [6, 6.07) is 13.5. The molecule has 0 spiro atoms. The average Bonchev–Trinajstić information content (AvgIpc) is 2.49. The van der Waals surface area contributed by atoms with Crippen molar-refractivity contribution < 1.29 is 9.31 Å². The maximum absolute atomic E-state index is 14.0. The zero-order chi connectivity index (χ0) is 15.2. The molecule has 0 aliphatic carbocycles. The Morgan fingerprint density at radius 1 is 1.24 bits per heavy atom. The number of nitrogens with zero attached hydrogens (tertiary/aromatic N) is 1. The predicted octanol–water partition coefficient (Wildman–Crippen LogP) is 3.63. The van der Waals surface area contributed by atoms with Gasteiger partial charge in [0.05, 0.1) is 11.0 Å². The maximum Gasteiger partial charge on any atom is 0.272 e. The third kappa shape index (κ3) is 3.86. The van der Waals surface area contributed by atoms with E-state index >= 15 is 0 Å². The van der Waals surface area contributed by atoms with E-state index in [0.29, 0.717) is 12.0 Å². The van der Waals surface area contributed by atoms with Gasteiger partial charge < -0.3 is 5.32 Å². The van der Waals surface area contributed by atoms with Gasteiger partial charge in [0.15, 0.2) is 0 Å². The van der Waals surface area contributed by atoms with Crippen molar-refractivity contribution in [2.45, 2.75) is 19.4 Å². The zero-order valence-corrected chi connectivity index (χ0v) is 11.8. The van der Waals surface area contributed by atoms with Gasteiger partial charge in [-0.1, -0.05) is 37.3 Å². The van der Waals surface area contributed by atoms with Crippen LogP contribution in [0.4, 0.5) is 10.1 Å². The first kappa shape index (κ1) is 15.1. The molecule has 2 rings (SSSR count). The Hall–Kier alpha value is -2.27. The summed E-state index contributed by atoms with van der Waals surface area (Å²) in [5.74, 6) is -0.539. The quantitative estimate of drug-likeness (QED) is 0.652. The van der Waals surface area contributed by atoms with Crippen molar-refractivity contribution in [3.05, 3.63) is 75.6 Å². The van der Waals surface area contributed by atoms with E-state index in [0.717, 1.165) is 18.2 Å². The van der Waals surface area contributed by atoms with Crippen LogP contribution in [-0.4, -0.2) is 11.5 Å². The molecule has 0 radical (unpaired) electrons. The molecule has 0 aliphatic heterocycles. The van der Waals surface area contributed by atoms with Crippen LogP contribution in [0.3, 0.4) is 0 Å². The highest BCUT2D eigenvalue weighted by Gasteiger charge is 2.16. The van der Waals surface area contributed by atoms with Gasteiger partial charge in [0, 0.05) is 12.1 Å². The number of benzene rings is 2. The molecule has 110 valence electrons. The molecule has 1 atom stereocenters. The van der Waals surface area contributed by atoms with Crippen LogP contribution in [-0.2, 0) is 6.42 Å². The van der Waals surface area contributed by atoms with Crippen LogP contribution in [0.1, 0.15) is 24.1 Å². The summed E-state index contributed by atoms with van der Waals surface area (Å²) in [7, 11) is 0. The second kappa shape index (κ2) is 6.95. The molecule has 0 aliphatic rings. The molecule has 0 fully saturated rings. The maximum atomic E-state index is 14.0. The van der Waals surface area contributed by atoms with Crippen LogP contribution in [0, 0.1) is 15.9 Å². The molecular weight excluding hydrogens is 271 g/mol. The van der Waals surface area contributed by atoms with E-state index < -0.39 is 10.7 Å². The van der Waals surface area contributed by atoms with E-state index in [4.69, 9.17) is 0 Å². The van der Waals surface area contributed by atoms with E-state index in [1.807, 2.05) is 37.3 Å². The van der Waals surface area contributed by atoms with Crippen LogP contribution in [0.15, 0.2) is 48.5 Å². The highest BCUT2D eigenvalue weighted by atomic mass is 19.1. The van der Waals surface area contributed by atoms with Gasteiger partial charge >= 0.3 is 0 Å². The summed E-state index contributed by atoms with van der Waals surface area (Å²) in [6.07, 6.45) is 0.446. The third-order valence-electron chi connectivity index (χ3n) is 3.32. The molecule has 4 nitrogen and oxygen atoms in total. The first-order valence-corrected chi connectivity index (χ1v) is 6.83. The molecule has 0 amide bonds. The number of hydrogen-bond acceptors (Lipinski definition) is 3. The zero-order valence-electron chi connectivity index (χ0n) is 11.8. The lowest BCUT2D eigenvalue weighted by atomic mass is 9.98. The molecule has 5 heteroatoms. The second-order valence-corrected chi connectivity index (χ2v) is 4.76. The number of halogens is 1. The number of nitrogens with one attached hydrogen (secondary N) is 1. The SMILES string of the molecule is CCNC(Cc1ccc([N+](=O)[O-])cc1F)c1ccccc1. The van der Waals surface area contributed by atoms with Crippen LogP contribution < -0.4 is 5.32 Å². The molecule has 2 aromatic rings. The minimum absolute atomic E-state index is 0.0212. The second-order valence-electron chi connectivity index (χ2n) is 4.76. The fourth-order valence-electron chi connectivity index (χ4n) is 2.27. The summed E-state index contributed by atoms with van der Waals surface area (Å²) in [6.45, 7) is 2.75. The largest absolute Gasteiger partial charge is 0.310 e. The van der Waals surface area contributed by atoms with Crippen molar-refractivity contribution in [3.8, 4) is 0 Å². The molecule has 1 unspecified atom stereocenters. The van der Waals surface area contributed by atoms with Gasteiger partial charge in [0.25, 0.3) is 5.69 Å². The molecular formula is C16H17FN2O2. The molecule has 0 heterocycles. The normalized spacial score (nSPS) is 12.1. The van der Waals surface area contributed by atoms with Crippen LogP contribution >= 0.6 is 0 Å². The average molecular weight is 288 g/mol. The Labute approximate surface area is 122 Å². The number of nitro groups is 1. The van der Waals surface area contributed by atoms with Crippen molar-refractivity contribution >= 4 is 5.69 Å². The highest BCUT2D eigenvalue weighted by Crippen LogP contribution is 2.23. The van der Waals surface area contributed by atoms with E-state index in [1.54, 1.807) is 0 Å².